The lowest BCUT2D eigenvalue weighted by Gasteiger charge is -2.21. The standard InChI is InChI=1S/C14H16N2O3S2/c17-13(18)2-1-10-7-15-4-3-12(10)14(19)16-8-11-9-20-5-6-21-11/h1-4,7,11H,5-6,8-9H2,(H,16,19)(H,17,18)/b2-1+. The lowest BCUT2D eigenvalue weighted by Crippen LogP contribution is -2.33. The lowest BCUT2D eigenvalue weighted by atomic mass is 10.1. The van der Waals surface area contributed by atoms with E-state index in [1.165, 1.54) is 24.2 Å². The molecule has 21 heavy (non-hydrogen) atoms. The lowest BCUT2D eigenvalue weighted by molar-refractivity contribution is -0.131. The molecule has 1 fully saturated rings. The van der Waals surface area contributed by atoms with Gasteiger partial charge in [0.1, 0.15) is 0 Å². The van der Waals surface area contributed by atoms with E-state index in [2.05, 4.69) is 10.3 Å². The Balaban J connectivity index is 1.99. The molecular weight excluding hydrogens is 308 g/mol. The van der Waals surface area contributed by atoms with Crippen LogP contribution in [0.1, 0.15) is 15.9 Å². The number of nitrogens with zero attached hydrogens (tertiary/aromatic N) is 1. The molecule has 1 atom stereocenters. The van der Waals surface area contributed by atoms with Crippen molar-refractivity contribution in [2.24, 2.45) is 0 Å². The Morgan fingerprint density at radius 3 is 3.05 bits per heavy atom. The third-order valence-corrected chi connectivity index (χ3v) is 5.72. The monoisotopic (exact) mass is 324 g/mol. The highest BCUT2D eigenvalue weighted by molar-refractivity contribution is 8.06. The molecule has 112 valence electrons. The number of hydrogen-bond acceptors (Lipinski definition) is 5. The molecule has 1 aliphatic heterocycles. The van der Waals surface area contributed by atoms with Gasteiger partial charge in [0.25, 0.3) is 5.91 Å². The van der Waals surface area contributed by atoms with Gasteiger partial charge < -0.3 is 10.4 Å². The van der Waals surface area contributed by atoms with Crippen LogP contribution in [-0.4, -0.2) is 51.0 Å². The number of pyridine rings is 1. The van der Waals surface area contributed by atoms with Crippen LogP contribution in [0.25, 0.3) is 6.08 Å². The first-order valence-corrected chi connectivity index (χ1v) is 8.69. The molecule has 0 aliphatic carbocycles. The zero-order chi connectivity index (χ0) is 15.1. The van der Waals surface area contributed by atoms with Crippen LogP contribution < -0.4 is 5.32 Å². The van der Waals surface area contributed by atoms with E-state index in [-0.39, 0.29) is 5.91 Å². The Bertz CT molecular complexity index is 543. The number of carbonyl (C=O) groups excluding carboxylic acids is 1. The fourth-order valence-electron chi connectivity index (χ4n) is 1.86. The summed E-state index contributed by atoms with van der Waals surface area (Å²) in [6.45, 7) is 0.626. The summed E-state index contributed by atoms with van der Waals surface area (Å²) < 4.78 is 0. The van der Waals surface area contributed by atoms with Gasteiger partial charge >= 0.3 is 5.97 Å². The molecule has 1 unspecified atom stereocenters. The molecule has 0 bridgehead atoms. The zero-order valence-electron chi connectivity index (χ0n) is 11.3. The molecule has 7 heteroatoms. The van der Waals surface area contributed by atoms with E-state index >= 15 is 0 Å². The quantitative estimate of drug-likeness (QED) is 0.804. The number of nitrogens with one attached hydrogen (secondary N) is 1. The third kappa shape index (κ3) is 5.09. The summed E-state index contributed by atoms with van der Waals surface area (Å²) in [5.41, 5.74) is 0.944. The Labute approximate surface area is 131 Å². The Hall–Kier alpha value is -1.47. The number of carbonyl (C=O) groups is 2. The predicted molar refractivity (Wildman–Crippen MR) is 86.8 cm³/mol. The van der Waals surface area contributed by atoms with Crippen molar-refractivity contribution in [2.45, 2.75) is 5.25 Å². The van der Waals surface area contributed by atoms with E-state index in [0.29, 0.717) is 22.9 Å². The van der Waals surface area contributed by atoms with E-state index in [0.717, 1.165) is 17.6 Å². The summed E-state index contributed by atoms with van der Waals surface area (Å²) in [5.74, 6) is 2.09. The highest BCUT2D eigenvalue weighted by Gasteiger charge is 2.16. The number of carboxylic acid groups (broad SMARTS) is 1. The average Bonchev–Trinajstić information content (AvgIpc) is 2.52. The maximum Gasteiger partial charge on any atom is 0.328 e. The summed E-state index contributed by atoms with van der Waals surface area (Å²) in [6.07, 6.45) is 5.40. The van der Waals surface area contributed by atoms with Crippen molar-refractivity contribution in [3.05, 3.63) is 35.7 Å². The van der Waals surface area contributed by atoms with Gasteiger partial charge in [-0.3, -0.25) is 9.78 Å². The molecule has 1 saturated heterocycles. The fourth-order valence-corrected chi connectivity index (χ4v) is 4.48. The molecule has 5 nitrogen and oxygen atoms in total. The number of hydrogen-bond donors (Lipinski definition) is 2. The molecule has 2 rings (SSSR count). The van der Waals surface area contributed by atoms with Gasteiger partial charge in [-0.05, 0) is 12.1 Å². The number of thioether (sulfide) groups is 2. The van der Waals surface area contributed by atoms with E-state index in [1.807, 2.05) is 23.5 Å². The number of rotatable bonds is 5. The smallest absolute Gasteiger partial charge is 0.328 e. The maximum atomic E-state index is 12.2. The van der Waals surface area contributed by atoms with E-state index in [4.69, 9.17) is 5.11 Å². The molecule has 0 aromatic carbocycles. The molecular formula is C14H16N2O3S2. The van der Waals surface area contributed by atoms with E-state index in [1.54, 1.807) is 6.07 Å². The van der Waals surface area contributed by atoms with Gasteiger partial charge in [0.05, 0.1) is 0 Å². The first kappa shape index (κ1) is 15.9. The van der Waals surface area contributed by atoms with Crippen LogP contribution in [0.15, 0.2) is 24.5 Å². The molecule has 0 radical (unpaired) electrons. The Kier molecular flexibility index (Phi) is 6.13. The van der Waals surface area contributed by atoms with Crippen LogP contribution in [0.4, 0.5) is 0 Å². The van der Waals surface area contributed by atoms with Gasteiger partial charge in [0.2, 0.25) is 0 Å². The van der Waals surface area contributed by atoms with Gasteiger partial charge in [0, 0.05) is 58.6 Å². The molecule has 0 saturated carbocycles. The van der Waals surface area contributed by atoms with Gasteiger partial charge in [0.15, 0.2) is 0 Å². The highest BCUT2D eigenvalue weighted by Crippen LogP contribution is 2.23. The van der Waals surface area contributed by atoms with Crippen LogP contribution >= 0.6 is 23.5 Å². The van der Waals surface area contributed by atoms with E-state index < -0.39 is 5.97 Å². The number of carboxylic acids is 1. The van der Waals surface area contributed by atoms with Crippen LogP contribution in [0.5, 0.6) is 0 Å². The van der Waals surface area contributed by atoms with Gasteiger partial charge in [-0.1, -0.05) is 0 Å². The minimum atomic E-state index is -1.05. The largest absolute Gasteiger partial charge is 0.478 e. The van der Waals surface area contributed by atoms with Crippen molar-refractivity contribution in [2.75, 3.05) is 23.8 Å². The van der Waals surface area contributed by atoms with Gasteiger partial charge in [-0.15, -0.1) is 0 Å². The molecule has 1 aromatic rings. The predicted octanol–water partition coefficient (Wildman–Crippen LogP) is 1.76. The van der Waals surface area contributed by atoms with Crippen LogP contribution in [0, 0.1) is 0 Å². The molecule has 2 N–H and O–H groups in total. The molecule has 0 spiro atoms. The first-order chi connectivity index (χ1) is 10.2. The molecule has 2 heterocycles. The second kappa shape index (κ2) is 8.09. The van der Waals surface area contributed by atoms with Crippen LogP contribution in [-0.2, 0) is 4.79 Å². The minimum absolute atomic E-state index is 0.196. The summed E-state index contributed by atoms with van der Waals surface area (Å²) in [5, 5.41) is 12.0. The minimum Gasteiger partial charge on any atom is -0.478 e. The summed E-state index contributed by atoms with van der Waals surface area (Å²) in [6, 6.07) is 1.60. The SMILES string of the molecule is O=C(O)/C=C/c1cnccc1C(=O)NCC1CSCCS1. The van der Waals surface area contributed by atoms with Crippen molar-refractivity contribution in [1.82, 2.24) is 10.3 Å². The first-order valence-electron chi connectivity index (χ1n) is 6.49. The van der Waals surface area contributed by atoms with Crippen LogP contribution in [0.2, 0.25) is 0 Å². The maximum absolute atomic E-state index is 12.2. The van der Waals surface area contributed by atoms with Crippen molar-refractivity contribution in [1.29, 1.82) is 0 Å². The van der Waals surface area contributed by atoms with Crippen molar-refractivity contribution in [3.8, 4) is 0 Å². The summed E-state index contributed by atoms with van der Waals surface area (Å²) in [4.78, 5) is 26.7. The van der Waals surface area contributed by atoms with Crippen LogP contribution in [0.3, 0.4) is 0 Å². The normalized spacial score (nSPS) is 18.6. The van der Waals surface area contributed by atoms with Crippen molar-refractivity contribution >= 4 is 41.5 Å². The fraction of sp³-hybridized carbons (Fsp3) is 0.357. The Morgan fingerprint density at radius 2 is 2.33 bits per heavy atom. The number of aromatic nitrogens is 1. The second-order valence-electron chi connectivity index (χ2n) is 4.41. The second-order valence-corrected chi connectivity index (χ2v) is 6.97. The van der Waals surface area contributed by atoms with Gasteiger partial charge in [-0.2, -0.15) is 23.5 Å². The van der Waals surface area contributed by atoms with Crippen molar-refractivity contribution in [3.63, 3.8) is 0 Å². The number of amides is 1. The molecule has 1 aliphatic rings. The van der Waals surface area contributed by atoms with Gasteiger partial charge in [-0.25, -0.2) is 4.79 Å². The average molecular weight is 324 g/mol. The summed E-state index contributed by atoms with van der Waals surface area (Å²) >= 11 is 3.79. The van der Waals surface area contributed by atoms with E-state index in [9.17, 15) is 9.59 Å². The summed E-state index contributed by atoms with van der Waals surface area (Å²) in [7, 11) is 0. The zero-order valence-corrected chi connectivity index (χ0v) is 13.0. The highest BCUT2D eigenvalue weighted by atomic mass is 32.2. The van der Waals surface area contributed by atoms with Crippen molar-refractivity contribution < 1.29 is 14.7 Å². The third-order valence-electron chi connectivity index (χ3n) is 2.88. The Morgan fingerprint density at radius 1 is 1.48 bits per heavy atom. The molecule has 1 aromatic heterocycles. The topological polar surface area (TPSA) is 79.3 Å². The number of aliphatic carboxylic acids is 1. The molecule has 1 amide bonds.